The Bertz CT molecular complexity index is 367. The molecular formula is C17H32N2O3. The number of carbonyl (C=O) groups is 1. The maximum absolute atomic E-state index is 12.2. The van der Waals surface area contributed by atoms with Gasteiger partial charge in [0.2, 0.25) is 0 Å². The molecule has 2 rings (SSSR count). The summed E-state index contributed by atoms with van der Waals surface area (Å²) in [5.74, 6) is -0.0770. The number of piperidine rings is 1. The van der Waals surface area contributed by atoms with Crippen molar-refractivity contribution in [2.45, 2.75) is 77.0 Å². The van der Waals surface area contributed by atoms with Crippen LogP contribution in [0.3, 0.4) is 0 Å². The zero-order chi connectivity index (χ0) is 16.2. The van der Waals surface area contributed by atoms with Crippen LogP contribution in [0.1, 0.15) is 59.3 Å². The van der Waals surface area contributed by atoms with Gasteiger partial charge in [0.1, 0.15) is 5.60 Å². The Morgan fingerprint density at radius 3 is 2.36 bits per heavy atom. The molecule has 128 valence electrons. The average Bonchev–Trinajstić information content (AvgIpc) is 2.85. The van der Waals surface area contributed by atoms with Crippen LogP contribution in [0.5, 0.6) is 0 Å². The lowest BCUT2D eigenvalue weighted by atomic mass is 10.0. The van der Waals surface area contributed by atoms with Crippen LogP contribution >= 0.6 is 0 Å². The highest BCUT2D eigenvalue weighted by Gasteiger charge is 2.36. The minimum atomic E-state index is -0.400. The van der Waals surface area contributed by atoms with Crippen molar-refractivity contribution in [1.29, 1.82) is 0 Å². The first-order valence-electron chi connectivity index (χ1n) is 8.64. The molecule has 0 aliphatic carbocycles. The van der Waals surface area contributed by atoms with Crippen molar-refractivity contribution in [3.05, 3.63) is 0 Å². The van der Waals surface area contributed by atoms with Crippen molar-refractivity contribution in [2.75, 3.05) is 26.8 Å². The van der Waals surface area contributed by atoms with Crippen molar-refractivity contribution in [2.24, 2.45) is 0 Å². The number of hydrogen-bond acceptors (Lipinski definition) is 5. The van der Waals surface area contributed by atoms with E-state index in [0.717, 1.165) is 26.1 Å². The normalized spacial score (nSPS) is 28.0. The summed E-state index contributed by atoms with van der Waals surface area (Å²) in [4.78, 5) is 12.2. The van der Waals surface area contributed by atoms with E-state index in [1.54, 1.807) is 7.11 Å². The van der Waals surface area contributed by atoms with E-state index in [4.69, 9.17) is 9.47 Å². The summed E-state index contributed by atoms with van der Waals surface area (Å²) in [7, 11) is 1.77. The third-order valence-electron chi connectivity index (χ3n) is 4.45. The van der Waals surface area contributed by atoms with Crippen LogP contribution in [0.4, 0.5) is 0 Å². The Morgan fingerprint density at radius 2 is 1.68 bits per heavy atom. The number of ether oxygens (including phenoxy) is 2. The van der Waals surface area contributed by atoms with Crippen LogP contribution in [-0.2, 0) is 14.3 Å². The Balaban J connectivity index is 1.97. The summed E-state index contributed by atoms with van der Waals surface area (Å²) >= 11 is 0. The maximum Gasteiger partial charge on any atom is 0.307 e. The molecule has 0 unspecified atom stereocenters. The van der Waals surface area contributed by atoms with E-state index in [0.29, 0.717) is 12.5 Å². The van der Waals surface area contributed by atoms with Crippen LogP contribution in [0.2, 0.25) is 0 Å². The molecule has 2 aliphatic rings. The van der Waals surface area contributed by atoms with Crippen molar-refractivity contribution in [1.82, 2.24) is 10.0 Å². The van der Waals surface area contributed by atoms with Crippen molar-refractivity contribution >= 4 is 5.97 Å². The lowest BCUT2D eigenvalue weighted by molar-refractivity contribution is -0.161. The van der Waals surface area contributed by atoms with Crippen LogP contribution in [0.25, 0.3) is 0 Å². The van der Waals surface area contributed by atoms with Crippen LogP contribution in [0.15, 0.2) is 0 Å². The molecule has 0 N–H and O–H groups in total. The second-order valence-corrected chi connectivity index (χ2v) is 7.52. The van der Waals surface area contributed by atoms with Gasteiger partial charge in [-0.3, -0.25) is 4.79 Å². The highest BCUT2D eigenvalue weighted by Crippen LogP contribution is 2.28. The second-order valence-electron chi connectivity index (χ2n) is 7.52. The van der Waals surface area contributed by atoms with Crippen molar-refractivity contribution in [3.8, 4) is 0 Å². The number of methoxy groups -OCH3 is 1. The molecule has 0 amide bonds. The quantitative estimate of drug-likeness (QED) is 0.730. The zero-order valence-electron chi connectivity index (χ0n) is 14.6. The molecule has 2 atom stereocenters. The molecule has 2 fully saturated rings. The van der Waals surface area contributed by atoms with Gasteiger partial charge in [0.05, 0.1) is 13.0 Å². The topological polar surface area (TPSA) is 42.0 Å². The average molecular weight is 312 g/mol. The summed E-state index contributed by atoms with van der Waals surface area (Å²) in [5, 5.41) is 4.89. The first-order chi connectivity index (χ1) is 10.4. The van der Waals surface area contributed by atoms with Crippen LogP contribution < -0.4 is 0 Å². The number of nitrogens with zero attached hydrogens (tertiary/aromatic N) is 2. The van der Waals surface area contributed by atoms with E-state index in [1.165, 1.54) is 25.7 Å². The van der Waals surface area contributed by atoms with Gasteiger partial charge in [-0.2, -0.15) is 0 Å². The third kappa shape index (κ3) is 4.93. The number of rotatable bonds is 5. The van der Waals surface area contributed by atoms with Gasteiger partial charge in [-0.05, 0) is 46.5 Å². The Morgan fingerprint density at radius 1 is 1.05 bits per heavy atom. The molecule has 22 heavy (non-hydrogen) atoms. The number of carbonyl (C=O) groups excluding carboxylic acids is 1. The molecule has 0 aromatic rings. The highest BCUT2D eigenvalue weighted by molar-refractivity contribution is 5.70. The number of hydrogen-bond donors (Lipinski definition) is 0. The summed E-state index contributed by atoms with van der Waals surface area (Å²) in [6.45, 7) is 8.69. The van der Waals surface area contributed by atoms with E-state index in [2.05, 4.69) is 10.0 Å². The maximum atomic E-state index is 12.2. The second kappa shape index (κ2) is 7.75. The molecule has 0 bridgehead atoms. The molecule has 0 radical (unpaired) electrons. The Labute approximate surface area is 134 Å². The lowest BCUT2D eigenvalue weighted by Gasteiger charge is -2.44. The summed E-state index contributed by atoms with van der Waals surface area (Å²) in [5.41, 5.74) is -0.400. The summed E-state index contributed by atoms with van der Waals surface area (Å²) < 4.78 is 10.9. The Hall–Kier alpha value is -0.650. The minimum absolute atomic E-state index is 0.0770. The smallest absolute Gasteiger partial charge is 0.307 e. The molecule has 0 saturated carbocycles. The molecule has 2 saturated heterocycles. The monoisotopic (exact) mass is 312 g/mol. The van der Waals surface area contributed by atoms with E-state index >= 15 is 0 Å². The fourth-order valence-electron chi connectivity index (χ4n) is 3.63. The lowest BCUT2D eigenvalue weighted by Crippen LogP contribution is -2.54. The van der Waals surface area contributed by atoms with Gasteiger partial charge in [0, 0.05) is 32.3 Å². The first kappa shape index (κ1) is 17.7. The predicted octanol–water partition coefficient (Wildman–Crippen LogP) is 2.60. The molecular weight excluding hydrogens is 280 g/mol. The molecule has 5 nitrogen and oxygen atoms in total. The Kier molecular flexibility index (Phi) is 6.24. The molecule has 2 heterocycles. The van der Waals surface area contributed by atoms with Crippen LogP contribution in [-0.4, -0.2) is 60.5 Å². The van der Waals surface area contributed by atoms with Crippen molar-refractivity contribution < 1.29 is 14.3 Å². The van der Waals surface area contributed by atoms with Gasteiger partial charge in [0.25, 0.3) is 0 Å². The van der Waals surface area contributed by atoms with Gasteiger partial charge in [-0.25, -0.2) is 10.0 Å². The molecule has 0 spiro atoms. The number of esters is 1. The van der Waals surface area contributed by atoms with Crippen molar-refractivity contribution in [3.63, 3.8) is 0 Å². The van der Waals surface area contributed by atoms with Gasteiger partial charge in [-0.1, -0.05) is 6.42 Å². The first-order valence-corrected chi connectivity index (χ1v) is 8.64. The standard InChI is InChI=1S/C17H32N2O3/c1-17(2,3)22-16(20)12-14-8-5-6-10-18(14)19-11-7-9-15(19)13-21-4/h14-15H,5-13H2,1-4H3/t14-,15-/m0/s1. The van der Waals surface area contributed by atoms with E-state index in [-0.39, 0.29) is 12.0 Å². The highest BCUT2D eigenvalue weighted by atomic mass is 16.6. The largest absolute Gasteiger partial charge is 0.460 e. The van der Waals surface area contributed by atoms with Gasteiger partial charge >= 0.3 is 5.97 Å². The number of hydrazine groups is 1. The molecule has 5 heteroatoms. The third-order valence-corrected chi connectivity index (χ3v) is 4.45. The van der Waals surface area contributed by atoms with Gasteiger partial charge < -0.3 is 9.47 Å². The van der Waals surface area contributed by atoms with Crippen LogP contribution in [0, 0.1) is 0 Å². The van der Waals surface area contributed by atoms with Gasteiger partial charge in [0.15, 0.2) is 0 Å². The van der Waals surface area contributed by atoms with Gasteiger partial charge in [-0.15, -0.1) is 0 Å². The van der Waals surface area contributed by atoms with E-state index in [9.17, 15) is 4.79 Å². The minimum Gasteiger partial charge on any atom is -0.460 e. The fourth-order valence-corrected chi connectivity index (χ4v) is 3.63. The van der Waals surface area contributed by atoms with E-state index < -0.39 is 5.60 Å². The zero-order valence-corrected chi connectivity index (χ0v) is 14.6. The summed E-state index contributed by atoms with van der Waals surface area (Å²) in [6, 6.07) is 0.741. The molecule has 2 aliphatic heterocycles. The predicted molar refractivity (Wildman–Crippen MR) is 86.4 cm³/mol. The van der Waals surface area contributed by atoms with E-state index in [1.807, 2.05) is 20.8 Å². The fraction of sp³-hybridized carbons (Fsp3) is 0.941. The molecule has 0 aromatic carbocycles. The molecule has 0 aromatic heterocycles. The SMILES string of the molecule is COC[C@@H]1CCCN1N1CCCC[C@H]1CC(=O)OC(C)(C)C. The summed E-state index contributed by atoms with van der Waals surface area (Å²) in [6.07, 6.45) is 6.38.